The van der Waals surface area contributed by atoms with Crippen molar-refractivity contribution in [2.45, 2.75) is 44.6 Å². The molecule has 1 atom stereocenters. The predicted octanol–water partition coefficient (Wildman–Crippen LogP) is 3.22. The molecule has 0 bridgehead atoms. The fraction of sp³-hybridized carbons (Fsp3) is 0.500. The molecule has 0 aliphatic heterocycles. The van der Waals surface area contributed by atoms with E-state index in [9.17, 15) is 0 Å². The predicted molar refractivity (Wildman–Crippen MR) is 81.5 cm³/mol. The molecule has 0 saturated carbocycles. The highest BCUT2D eigenvalue weighted by atomic mass is 32.1. The third-order valence-electron chi connectivity index (χ3n) is 3.67. The molecular weight excluding hydrogens is 274 g/mol. The number of thiazole rings is 1. The molecule has 2 aromatic rings. The molecule has 2 heterocycles. The quantitative estimate of drug-likeness (QED) is 0.517. The second kappa shape index (κ2) is 6.13. The van der Waals surface area contributed by atoms with Crippen LogP contribution in [0.15, 0.2) is 17.6 Å². The molecule has 1 unspecified atom stereocenters. The van der Waals surface area contributed by atoms with E-state index in [-0.39, 0.29) is 6.04 Å². The zero-order chi connectivity index (χ0) is 13.1. The highest BCUT2D eigenvalue weighted by Gasteiger charge is 2.18. The van der Waals surface area contributed by atoms with Crippen LogP contribution in [0.1, 0.15) is 45.6 Å². The van der Waals surface area contributed by atoms with Crippen LogP contribution in [-0.2, 0) is 19.3 Å². The first-order chi connectivity index (χ1) is 9.36. The fourth-order valence-electron chi connectivity index (χ4n) is 2.63. The first kappa shape index (κ1) is 13.2. The number of aryl methyl sites for hydroxylation is 2. The van der Waals surface area contributed by atoms with Gasteiger partial charge in [0.25, 0.3) is 0 Å². The fourth-order valence-corrected chi connectivity index (χ4v) is 4.61. The van der Waals surface area contributed by atoms with Crippen molar-refractivity contribution in [3.05, 3.63) is 38.0 Å². The van der Waals surface area contributed by atoms with E-state index in [0.717, 1.165) is 11.4 Å². The van der Waals surface area contributed by atoms with Crippen molar-refractivity contribution < 1.29 is 0 Å². The van der Waals surface area contributed by atoms with E-state index in [4.69, 9.17) is 5.84 Å². The van der Waals surface area contributed by atoms with Crippen LogP contribution < -0.4 is 11.3 Å². The van der Waals surface area contributed by atoms with Crippen molar-refractivity contribution in [2.24, 2.45) is 5.84 Å². The van der Waals surface area contributed by atoms with Crippen molar-refractivity contribution in [1.29, 1.82) is 0 Å². The lowest BCUT2D eigenvalue weighted by Gasteiger charge is -2.12. The molecular formula is C14H19N3S2. The number of rotatable bonds is 4. The average Bonchev–Trinajstić information content (AvgIpc) is 3.02. The Morgan fingerprint density at radius 1 is 1.32 bits per heavy atom. The van der Waals surface area contributed by atoms with Crippen molar-refractivity contribution in [3.8, 4) is 0 Å². The number of nitrogens with zero attached hydrogens (tertiary/aromatic N) is 1. The van der Waals surface area contributed by atoms with Crippen LogP contribution in [0.5, 0.6) is 0 Å². The summed E-state index contributed by atoms with van der Waals surface area (Å²) in [6.45, 7) is 0. The maximum atomic E-state index is 5.74. The molecule has 1 aliphatic carbocycles. The van der Waals surface area contributed by atoms with Crippen LogP contribution in [0.4, 0.5) is 0 Å². The Hall–Kier alpha value is -0.750. The monoisotopic (exact) mass is 293 g/mol. The number of hydrogen-bond donors (Lipinski definition) is 2. The van der Waals surface area contributed by atoms with Gasteiger partial charge in [0.05, 0.1) is 11.0 Å². The Bertz CT molecular complexity index is 495. The van der Waals surface area contributed by atoms with E-state index < -0.39 is 0 Å². The molecule has 3 nitrogen and oxygen atoms in total. The SMILES string of the molecule is NNC(Cc1nccs1)c1cc2c(s1)CCCCC2. The molecule has 5 heteroatoms. The summed E-state index contributed by atoms with van der Waals surface area (Å²) in [6.07, 6.45) is 9.25. The minimum atomic E-state index is 0.197. The first-order valence-corrected chi connectivity index (χ1v) is 8.52. The van der Waals surface area contributed by atoms with E-state index in [1.807, 2.05) is 22.9 Å². The normalized spacial score (nSPS) is 16.9. The van der Waals surface area contributed by atoms with Gasteiger partial charge in [-0.15, -0.1) is 22.7 Å². The number of hydrogen-bond acceptors (Lipinski definition) is 5. The highest BCUT2D eigenvalue weighted by molar-refractivity contribution is 7.12. The highest BCUT2D eigenvalue weighted by Crippen LogP contribution is 2.33. The minimum Gasteiger partial charge on any atom is -0.271 e. The summed E-state index contributed by atoms with van der Waals surface area (Å²) in [4.78, 5) is 7.30. The summed E-state index contributed by atoms with van der Waals surface area (Å²) in [6, 6.07) is 2.56. The Morgan fingerprint density at radius 2 is 2.21 bits per heavy atom. The summed E-state index contributed by atoms with van der Waals surface area (Å²) in [5.41, 5.74) is 4.51. The molecule has 19 heavy (non-hydrogen) atoms. The zero-order valence-electron chi connectivity index (χ0n) is 10.9. The second-order valence-electron chi connectivity index (χ2n) is 5.01. The van der Waals surface area contributed by atoms with Gasteiger partial charge in [-0.3, -0.25) is 11.3 Å². The molecule has 0 amide bonds. The topological polar surface area (TPSA) is 50.9 Å². The maximum absolute atomic E-state index is 5.74. The lowest BCUT2D eigenvalue weighted by atomic mass is 10.1. The molecule has 1 aliphatic rings. The number of nitrogens with one attached hydrogen (secondary N) is 1. The van der Waals surface area contributed by atoms with Crippen molar-refractivity contribution >= 4 is 22.7 Å². The Kier molecular flexibility index (Phi) is 4.28. The Balaban J connectivity index is 1.79. The summed E-state index contributed by atoms with van der Waals surface area (Å²) in [7, 11) is 0. The van der Waals surface area contributed by atoms with Crippen LogP contribution in [-0.4, -0.2) is 4.98 Å². The molecule has 3 N–H and O–H groups in total. The van der Waals surface area contributed by atoms with Crippen LogP contribution in [0.3, 0.4) is 0 Å². The third-order valence-corrected chi connectivity index (χ3v) is 5.83. The number of nitrogens with two attached hydrogens (primary N) is 1. The van der Waals surface area contributed by atoms with E-state index in [2.05, 4.69) is 16.5 Å². The van der Waals surface area contributed by atoms with E-state index in [0.29, 0.717) is 0 Å². The number of thiophene rings is 1. The van der Waals surface area contributed by atoms with Crippen LogP contribution in [0.2, 0.25) is 0 Å². The molecule has 0 fully saturated rings. The van der Waals surface area contributed by atoms with Crippen LogP contribution >= 0.6 is 22.7 Å². The van der Waals surface area contributed by atoms with Crippen LogP contribution in [0, 0.1) is 0 Å². The largest absolute Gasteiger partial charge is 0.271 e. The van der Waals surface area contributed by atoms with Crippen LogP contribution in [0.25, 0.3) is 0 Å². The van der Waals surface area contributed by atoms with Crippen molar-refractivity contribution in [3.63, 3.8) is 0 Å². The molecule has 102 valence electrons. The average molecular weight is 293 g/mol. The Morgan fingerprint density at radius 3 is 3.00 bits per heavy atom. The summed E-state index contributed by atoms with van der Waals surface area (Å²) < 4.78 is 0. The molecule has 3 rings (SSSR count). The van der Waals surface area contributed by atoms with Gasteiger partial charge >= 0.3 is 0 Å². The van der Waals surface area contributed by atoms with Crippen molar-refractivity contribution in [1.82, 2.24) is 10.4 Å². The molecule has 0 aromatic carbocycles. The minimum absolute atomic E-state index is 0.197. The zero-order valence-corrected chi connectivity index (χ0v) is 12.5. The van der Waals surface area contributed by atoms with Gasteiger partial charge in [-0.1, -0.05) is 6.42 Å². The van der Waals surface area contributed by atoms with Gasteiger partial charge in [0.1, 0.15) is 0 Å². The lowest BCUT2D eigenvalue weighted by molar-refractivity contribution is 0.559. The molecule has 0 spiro atoms. The van der Waals surface area contributed by atoms with Gasteiger partial charge in [0.15, 0.2) is 0 Å². The standard InChI is InChI=1S/C14H19N3S2/c15-17-11(9-14-16-6-7-18-14)13-8-10-4-2-1-3-5-12(10)19-13/h6-8,11,17H,1-5,9,15H2. The van der Waals surface area contributed by atoms with Gasteiger partial charge in [-0.05, 0) is 37.3 Å². The van der Waals surface area contributed by atoms with Gasteiger partial charge in [0.2, 0.25) is 0 Å². The maximum Gasteiger partial charge on any atom is 0.0944 e. The van der Waals surface area contributed by atoms with Crippen molar-refractivity contribution in [2.75, 3.05) is 0 Å². The first-order valence-electron chi connectivity index (χ1n) is 6.83. The van der Waals surface area contributed by atoms with Gasteiger partial charge in [0, 0.05) is 27.8 Å². The van der Waals surface area contributed by atoms with Gasteiger partial charge < -0.3 is 0 Å². The smallest absolute Gasteiger partial charge is 0.0944 e. The summed E-state index contributed by atoms with van der Waals surface area (Å²) in [5.74, 6) is 5.74. The van der Waals surface area contributed by atoms with E-state index in [1.54, 1.807) is 21.8 Å². The summed E-state index contributed by atoms with van der Waals surface area (Å²) in [5, 5.41) is 3.17. The number of fused-ring (bicyclic) bond motifs is 1. The van der Waals surface area contributed by atoms with E-state index in [1.165, 1.54) is 37.0 Å². The molecule has 2 aromatic heterocycles. The second-order valence-corrected chi connectivity index (χ2v) is 7.15. The number of hydrazine groups is 1. The molecule has 0 saturated heterocycles. The lowest BCUT2D eigenvalue weighted by Crippen LogP contribution is -2.28. The third kappa shape index (κ3) is 3.05. The van der Waals surface area contributed by atoms with Gasteiger partial charge in [-0.2, -0.15) is 0 Å². The Labute approximate surface area is 121 Å². The number of aromatic nitrogens is 1. The van der Waals surface area contributed by atoms with E-state index >= 15 is 0 Å². The summed E-state index contributed by atoms with van der Waals surface area (Å²) >= 11 is 3.63. The van der Waals surface area contributed by atoms with Gasteiger partial charge in [-0.25, -0.2) is 4.98 Å². The molecule has 0 radical (unpaired) electrons.